The number of carbonyl (C=O) groups is 1. The Hall–Kier alpha value is -2.26. The van der Waals surface area contributed by atoms with Crippen LogP contribution in [-0.2, 0) is 0 Å². The van der Waals surface area contributed by atoms with E-state index in [1.807, 2.05) is 66.7 Å². The molecular weight excluding hydrogens is 268 g/mol. The summed E-state index contributed by atoms with van der Waals surface area (Å²) in [6.45, 7) is 0. The van der Waals surface area contributed by atoms with Crippen molar-refractivity contribution in [2.45, 2.75) is 9.79 Å². The van der Waals surface area contributed by atoms with Crippen molar-refractivity contribution in [1.29, 1.82) is 0 Å². The lowest BCUT2D eigenvalue weighted by atomic mass is 10.0. The highest BCUT2D eigenvalue weighted by Crippen LogP contribution is 2.34. The minimum Gasteiger partial charge on any atom is -0.478 e. The van der Waals surface area contributed by atoms with Gasteiger partial charge in [0.2, 0.25) is 0 Å². The lowest BCUT2D eigenvalue weighted by Gasteiger charge is -2.09. The van der Waals surface area contributed by atoms with E-state index < -0.39 is 5.97 Å². The van der Waals surface area contributed by atoms with E-state index in [0.717, 1.165) is 20.6 Å². The van der Waals surface area contributed by atoms with Gasteiger partial charge >= 0.3 is 5.97 Å². The third kappa shape index (κ3) is 2.40. The first-order valence-corrected chi connectivity index (χ1v) is 7.05. The second kappa shape index (κ2) is 5.39. The van der Waals surface area contributed by atoms with Crippen molar-refractivity contribution in [2.24, 2.45) is 0 Å². The van der Waals surface area contributed by atoms with Crippen LogP contribution in [0.1, 0.15) is 10.4 Å². The predicted octanol–water partition coefficient (Wildman–Crippen LogP) is 4.69. The molecule has 20 heavy (non-hydrogen) atoms. The lowest BCUT2D eigenvalue weighted by Crippen LogP contribution is -2.00. The molecule has 3 heteroatoms. The molecule has 0 aromatic heterocycles. The SMILES string of the molecule is O=C(O)c1c(Sc2ccccc2)ccc2ccccc12. The summed E-state index contributed by atoms with van der Waals surface area (Å²) < 4.78 is 0. The fourth-order valence-corrected chi connectivity index (χ4v) is 3.16. The Morgan fingerprint density at radius 1 is 0.850 bits per heavy atom. The van der Waals surface area contributed by atoms with Gasteiger partial charge in [0.15, 0.2) is 0 Å². The first-order chi connectivity index (χ1) is 9.75. The van der Waals surface area contributed by atoms with Crippen LogP contribution in [-0.4, -0.2) is 11.1 Å². The molecule has 0 saturated carbocycles. The molecule has 0 heterocycles. The second-order valence-electron chi connectivity index (χ2n) is 4.38. The predicted molar refractivity (Wildman–Crippen MR) is 81.5 cm³/mol. The van der Waals surface area contributed by atoms with Crippen LogP contribution in [0.15, 0.2) is 76.5 Å². The van der Waals surface area contributed by atoms with E-state index in [0.29, 0.717) is 5.56 Å². The molecule has 0 aliphatic heterocycles. The summed E-state index contributed by atoms with van der Waals surface area (Å²) in [5, 5.41) is 11.3. The van der Waals surface area contributed by atoms with Crippen molar-refractivity contribution < 1.29 is 9.90 Å². The van der Waals surface area contributed by atoms with Crippen molar-refractivity contribution in [3.63, 3.8) is 0 Å². The van der Waals surface area contributed by atoms with Gasteiger partial charge in [-0.25, -0.2) is 4.79 Å². The maximum atomic E-state index is 11.6. The van der Waals surface area contributed by atoms with E-state index in [4.69, 9.17) is 0 Å². The third-order valence-electron chi connectivity index (χ3n) is 3.08. The van der Waals surface area contributed by atoms with Gasteiger partial charge in [-0.05, 0) is 29.0 Å². The van der Waals surface area contributed by atoms with Crippen molar-refractivity contribution in [2.75, 3.05) is 0 Å². The molecule has 0 aliphatic rings. The summed E-state index contributed by atoms with van der Waals surface area (Å²) in [5.41, 5.74) is 0.372. The molecule has 1 N–H and O–H groups in total. The summed E-state index contributed by atoms with van der Waals surface area (Å²) in [4.78, 5) is 13.4. The maximum Gasteiger partial charge on any atom is 0.337 e. The molecule has 0 bridgehead atoms. The van der Waals surface area contributed by atoms with Gasteiger partial charge in [0.05, 0.1) is 5.56 Å². The number of hydrogen-bond donors (Lipinski definition) is 1. The normalized spacial score (nSPS) is 10.6. The Balaban J connectivity index is 2.15. The van der Waals surface area contributed by atoms with Crippen LogP contribution in [0.25, 0.3) is 10.8 Å². The monoisotopic (exact) mass is 280 g/mol. The highest BCUT2D eigenvalue weighted by atomic mass is 32.2. The Morgan fingerprint density at radius 3 is 2.30 bits per heavy atom. The van der Waals surface area contributed by atoms with Crippen molar-refractivity contribution in [3.8, 4) is 0 Å². The largest absolute Gasteiger partial charge is 0.478 e. The van der Waals surface area contributed by atoms with Crippen molar-refractivity contribution in [1.82, 2.24) is 0 Å². The van der Waals surface area contributed by atoms with E-state index in [2.05, 4.69) is 0 Å². The average Bonchev–Trinajstić information content (AvgIpc) is 2.47. The van der Waals surface area contributed by atoms with E-state index in [1.54, 1.807) is 0 Å². The van der Waals surface area contributed by atoms with Crippen LogP contribution in [0.3, 0.4) is 0 Å². The number of fused-ring (bicyclic) bond motifs is 1. The third-order valence-corrected chi connectivity index (χ3v) is 4.14. The summed E-state index contributed by atoms with van der Waals surface area (Å²) >= 11 is 1.48. The zero-order valence-electron chi connectivity index (χ0n) is 10.6. The van der Waals surface area contributed by atoms with Crippen LogP contribution in [0, 0.1) is 0 Å². The minimum atomic E-state index is -0.889. The van der Waals surface area contributed by atoms with Crippen LogP contribution >= 0.6 is 11.8 Å². The van der Waals surface area contributed by atoms with Gasteiger partial charge in [0.25, 0.3) is 0 Å². The van der Waals surface area contributed by atoms with Gasteiger partial charge < -0.3 is 5.11 Å². The van der Waals surface area contributed by atoms with Crippen molar-refractivity contribution in [3.05, 3.63) is 72.3 Å². The number of carboxylic acids is 1. The number of aromatic carboxylic acids is 1. The van der Waals surface area contributed by atoms with Crippen molar-refractivity contribution >= 4 is 28.5 Å². The quantitative estimate of drug-likeness (QED) is 0.756. The zero-order valence-corrected chi connectivity index (χ0v) is 11.4. The molecule has 0 saturated heterocycles. The highest BCUT2D eigenvalue weighted by Gasteiger charge is 2.15. The molecule has 2 nitrogen and oxygen atoms in total. The van der Waals surface area contributed by atoms with Crippen LogP contribution in [0.2, 0.25) is 0 Å². The lowest BCUT2D eigenvalue weighted by molar-refractivity contribution is 0.0695. The molecule has 0 unspecified atom stereocenters. The molecule has 3 rings (SSSR count). The standard InChI is InChI=1S/C17H12O2S/c18-17(19)16-14-9-5-4-6-12(14)10-11-15(16)20-13-7-2-1-3-8-13/h1-11H,(H,18,19). The van der Waals surface area contributed by atoms with Crippen LogP contribution in [0.4, 0.5) is 0 Å². The van der Waals surface area contributed by atoms with Gasteiger partial charge in [0.1, 0.15) is 0 Å². The summed E-state index contributed by atoms with van der Waals surface area (Å²) in [5.74, 6) is -0.889. The second-order valence-corrected chi connectivity index (χ2v) is 5.50. The molecule has 0 amide bonds. The minimum absolute atomic E-state index is 0.372. The smallest absolute Gasteiger partial charge is 0.337 e. The topological polar surface area (TPSA) is 37.3 Å². The molecule has 3 aromatic rings. The molecule has 0 atom stereocenters. The van der Waals surface area contributed by atoms with Gasteiger partial charge in [0, 0.05) is 9.79 Å². The fraction of sp³-hybridized carbons (Fsp3) is 0. The van der Waals surface area contributed by atoms with Crippen LogP contribution in [0.5, 0.6) is 0 Å². The zero-order chi connectivity index (χ0) is 13.9. The van der Waals surface area contributed by atoms with Gasteiger partial charge in [-0.1, -0.05) is 60.3 Å². The summed E-state index contributed by atoms with van der Waals surface area (Å²) in [6.07, 6.45) is 0. The molecule has 0 fully saturated rings. The molecule has 0 spiro atoms. The fourth-order valence-electron chi connectivity index (χ4n) is 2.17. The first kappa shape index (κ1) is 12.8. The first-order valence-electron chi connectivity index (χ1n) is 6.23. The molecular formula is C17H12O2S. The highest BCUT2D eigenvalue weighted by molar-refractivity contribution is 7.99. The summed E-state index contributed by atoms with van der Waals surface area (Å²) in [7, 11) is 0. The van der Waals surface area contributed by atoms with E-state index in [1.165, 1.54) is 11.8 Å². The maximum absolute atomic E-state index is 11.6. The number of carboxylic acid groups (broad SMARTS) is 1. The van der Waals surface area contributed by atoms with E-state index >= 15 is 0 Å². The van der Waals surface area contributed by atoms with Gasteiger partial charge in [-0.2, -0.15) is 0 Å². The average molecular weight is 280 g/mol. The molecule has 98 valence electrons. The Labute approximate surface area is 121 Å². The number of rotatable bonds is 3. The Bertz CT molecular complexity index is 766. The Kier molecular flexibility index (Phi) is 3.44. The molecule has 0 aliphatic carbocycles. The van der Waals surface area contributed by atoms with Gasteiger partial charge in [-0.15, -0.1) is 0 Å². The summed E-state index contributed by atoms with van der Waals surface area (Å²) in [6, 6.07) is 21.2. The van der Waals surface area contributed by atoms with Gasteiger partial charge in [-0.3, -0.25) is 0 Å². The number of benzene rings is 3. The van der Waals surface area contributed by atoms with E-state index in [9.17, 15) is 9.90 Å². The number of hydrogen-bond acceptors (Lipinski definition) is 2. The molecule has 0 radical (unpaired) electrons. The van der Waals surface area contributed by atoms with Crippen LogP contribution < -0.4 is 0 Å². The van der Waals surface area contributed by atoms with E-state index in [-0.39, 0.29) is 0 Å². The molecule has 3 aromatic carbocycles. The Morgan fingerprint density at radius 2 is 1.55 bits per heavy atom.